The Bertz CT molecular complexity index is 739. The van der Waals surface area contributed by atoms with Gasteiger partial charge in [0, 0.05) is 23.6 Å². The number of aliphatic imine (C=N–C) groups is 1. The highest BCUT2D eigenvalue weighted by Gasteiger charge is 2.36. The number of fused-ring (bicyclic) bond motifs is 2. The molecule has 29 heavy (non-hydrogen) atoms. The maximum absolute atomic E-state index is 4.97. The third kappa shape index (κ3) is 6.02. The third-order valence-electron chi connectivity index (χ3n) is 5.80. The number of benzene rings is 1. The molecule has 2 nitrogen and oxygen atoms in total. The molecular formula is C27H42N2. The number of allylic oxidation sites excluding steroid dienone is 4. The van der Waals surface area contributed by atoms with E-state index < -0.39 is 0 Å². The van der Waals surface area contributed by atoms with Gasteiger partial charge in [0.2, 0.25) is 0 Å². The highest BCUT2D eigenvalue weighted by atomic mass is 15.0. The van der Waals surface area contributed by atoms with E-state index in [1.54, 1.807) is 0 Å². The number of hydrogen-bond acceptors (Lipinski definition) is 2. The second-order valence-corrected chi connectivity index (χ2v) is 7.42. The predicted octanol–water partition coefficient (Wildman–Crippen LogP) is 7.17. The molecule has 3 atom stereocenters. The number of rotatable bonds is 2. The van der Waals surface area contributed by atoms with Gasteiger partial charge in [-0.25, -0.2) is 0 Å². The Labute approximate surface area is 179 Å². The SMILES string of the molecule is CC.CC.CC[C@@H]1NC2C=CC=CC=C2N=C(C)Cc2ccccc2C1(C)CC. The van der Waals surface area contributed by atoms with Gasteiger partial charge in [0.1, 0.15) is 0 Å². The normalized spacial score (nSPS) is 25.5. The molecular weight excluding hydrogens is 352 g/mol. The zero-order valence-electron chi connectivity index (χ0n) is 19.9. The monoisotopic (exact) mass is 394 g/mol. The number of nitrogens with one attached hydrogen (secondary N) is 1. The van der Waals surface area contributed by atoms with Crippen LogP contribution >= 0.6 is 0 Å². The van der Waals surface area contributed by atoms with Crippen LogP contribution in [0.1, 0.15) is 79.4 Å². The maximum Gasteiger partial charge on any atom is 0.0686 e. The first kappa shape index (κ1) is 25.1. The fourth-order valence-electron chi connectivity index (χ4n) is 4.20. The molecule has 1 aliphatic heterocycles. The van der Waals surface area contributed by atoms with E-state index in [9.17, 15) is 0 Å². The fraction of sp³-hybridized carbons (Fsp3) is 0.519. The molecule has 160 valence electrons. The van der Waals surface area contributed by atoms with Crippen LogP contribution in [0.5, 0.6) is 0 Å². The van der Waals surface area contributed by atoms with Gasteiger partial charge in [-0.15, -0.1) is 0 Å². The minimum absolute atomic E-state index is 0.0989. The maximum atomic E-state index is 4.97. The Hall–Kier alpha value is -1.93. The average Bonchev–Trinajstić information content (AvgIpc) is 2.99. The summed E-state index contributed by atoms with van der Waals surface area (Å²) in [6, 6.07) is 9.48. The zero-order chi connectivity index (χ0) is 21.9. The van der Waals surface area contributed by atoms with Crippen LogP contribution in [0.25, 0.3) is 0 Å². The summed E-state index contributed by atoms with van der Waals surface area (Å²) < 4.78 is 0. The molecule has 0 spiro atoms. The minimum Gasteiger partial charge on any atom is -0.302 e. The quantitative estimate of drug-likeness (QED) is 0.565. The average molecular weight is 395 g/mol. The van der Waals surface area contributed by atoms with Crippen molar-refractivity contribution in [3.05, 3.63) is 71.5 Å². The molecule has 1 aromatic carbocycles. The van der Waals surface area contributed by atoms with E-state index in [0.29, 0.717) is 6.04 Å². The molecule has 2 unspecified atom stereocenters. The zero-order valence-corrected chi connectivity index (χ0v) is 19.9. The predicted molar refractivity (Wildman–Crippen MR) is 131 cm³/mol. The van der Waals surface area contributed by atoms with Crippen molar-refractivity contribution < 1.29 is 0 Å². The highest BCUT2D eigenvalue weighted by molar-refractivity contribution is 5.85. The smallest absolute Gasteiger partial charge is 0.0686 e. The Balaban J connectivity index is 0.000000989. The van der Waals surface area contributed by atoms with Gasteiger partial charge < -0.3 is 5.32 Å². The van der Waals surface area contributed by atoms with Crippen molar-refractivity contribution in [1.29, 1.82) is 0 Å². The molecule has 0 saturated heterocycles. The topological polar surface area (TPSA) is 24.4 Å². The lowest BCUT2D eigenvalue weighted by atomic mass is 9.70. The lowest BCUT2D eigenvalue weighted by Crippen LogP contribution is -2.50. The Morgan fingerprint density at radius 1 is 1.03 bits per heavy atom. The number of nitrogens with zero attached hydrogens (tertiary/aromatic N) is 1. The van der Waals surface area contributed by atoms with Crippen molar-refractivity contribution in [3.63, 3.8) is 0 Å². The first-order chi connectivity index (χ1) is 14.1. The van der Waals surface area contributed by atoms with Crippen LogP contribution in [0, 0.1) is 0 Å². The van der Waals surface area contributed by atoms with Gasteiger partial charge >= 0.3 is 0 Å². The Kier molecular flexibility index (Phi) is 10.9. The minimum atomic E-state index is 0.0989. The van der Waals surface area contributed by atoms with Gasteiger partial charge in [-0.05, 0) is 37.0 Å². The molecule has 1 heterocycles. The van der Waals surface area contributed by atoms with E-state index in [2.05, 4.69) is 87.7 Å². The van der Waals surface area contributed by atoms with Crippen LogP contribution in [0.4, 0.5) is 0 Å². The van der Waals surface area contributed by atoms with Crippen molar-refractivity contribution in [2.24, 2.45) is 4.99 Å². The van der Waals surface area contributed by atoms with Gasteiger partial charge in [-0.3, -0.25) is 4.99 Å². The van der Waals surface area contributed by atoms with Crippen LogP contribution in [0.15, 0.2) is 65.3 Å². The van der Waals surface area contributed by atoms with Crippen molar-refractivity contribution in [2.45, 2.75) is 92.2 Å². The van der Waals surface area contributed by atoms with Crippen molar-refractivity contribution in [1.82, 2.24) is 5.32 Å². The molecule has 0 radical (unpaired) electrons. The molecule has 0 saturated carbocycles. The van der Waals surface area contributed by atoms with Crippen molar-refractivity contribution in [3.8, 4) is 0 Å². The second-order valence-electron chi connectivity index (χ2n) is 7.42. The van der Waals surface area contributed by atoms with E-state index in [4.69, 9.17) is 4.99 Å². The summed E-state index contributed by atoms with van der Waals surface area (Å²) >= 11 is 0. The first-order valence-electron chi connectivity index (χ1n) is 11.5. The Morgan fingerprint density at radius 3 is 2.38 bits per heavy atom. The molecule has 0 bridgehead atoms. The largest absolute Gasteiger partial charge is 0.302 e. The summed E-state index contributed by atoms with van der Waals surface area (Å²) in [5, 5.41) is 3.92. The van der Waals surface area contributed by atoms with Crippen molar-refractivity contribution >= 4 is 5.71 Å². The van der Waals surface area contributed by atoms with Gasteiger partial charge in [0.05, 0.1) is 11.7 Å². The third-order valence-corrected chi connectivity index (χ3v) is 5.80. The molecule has 0 fully saturated rings. The highest BCUT2D eigenvalue weighted by Crippen LogP contribution is 2.36. The molecule has 1 aromatic rings. The van der Waals surface area contributed by atoms with Crippen molar-refractivity contribution in [2.75, 3.05) is 0 Å². The first-order valence-corrected chi connectivity index (χ1v) is 11.5. The summed E-state index contributed by atoms with van der Waals surface area (Å²) in [6.07, 6.45) is 13.8. The summed E-state index contributed by atoms with van der Waals surface area (Å²) in [5.41, 5.74) is 5.25. The summed E-state index contributed by atoms with van der Waals surface area (Å²) in [6.45, 7) is 17.2. The van der Waals surface area contributed by atoms with E-state index in [-0.39, 0.29) is 11.5 Å². The van der Waals surface area contributed by atoms with Gasteiger partial charge in [-0.1, -0.05) is 97.0 Å². The van der Waals surface area contributed by atoms with Crippen LogP contribution in [-0.4, -0.2) is 17.8 Å². The van der Waals surface area contributed by atoms with Crippen LogP contribution in [0.3, 0.4) is 0 Å². The fourth-order valence-corrected chi connectivity index (χ4v) is 4.20. The molecule has 1 aliphatic carbocycles. The standard InChI is InChI=1S/C23H30N2.2C2H6/c1-5-22-23(4,6-2)19-13-11-10-12-18(19)16-17(3)24-20-14-8-7-9-15-21(20)25-22;2*1-2/h7-15,21-22,25H,5-6,16H2,1-4H3;2*1-2H3/t21?,22-,23?;;/m0../s1. The summed E-state index contributed by atoms with van der Waals surface area (Å²) in [4.78, 5) is 4.97. The second kappa shape index (κ2) is 12.6. The van der Waals surface area contributed by atoms with Crippen LogP contribution < -0.4 is 5.32 Å². The summed E-state index contributed by atoms with van der Waals surface area (Å²) in [7, 11) is 0. The van der Waals surface area contributed by atoms with Gasteiger partial charge in [-0.2, -0.15) is 0 Å². The van der Waals surface area contributed by atoms with E-state index in [1.807, 2.05) is 27.7 Å². The van der Waals surface area contributed by atoms with E-state index in [0.717, 1.165) is 25.0 Å². The van der Waals surface area contributed by atoms with Crippen LogP contribution in [0.2, 0.25) is 0 Å². The molecule has 2 aliphatic rings. The summed E-state index contributed by atoms with van der Waals surface area (Å²) in [5.74, 6) is 0. The molecule has 1 N–H and O–H groups in total. The lowest BCUT2D eigenvalue weighted by molar-refractivity contribution is 0.289. The number of hydrogen-bond donors (Lipinski definition) is 1. The van der Waals surface area contributed by atoms with E-state index in [1.165, 1.54) is 16.8 Å². The lowest BCUT2D eigenvalue weighted by Gasteiger charge is -2.41. The van der Waals surface area contributed by atoms with Gasteiger partial charge in [0.15, 0.2) is 0 Å². The molecule has 0 amide bonds. The molecule has 2 heteroatoms. The molecule has 3 rings (SSSR count). The Morgan fingerprint density at radius 2 is 1.72 bits per heavy atom. The van der Waals surface area contributed by atoms with Crippen LogP contribution in [-0.2, 0) is 11.8 Å². The van der Waals surface area contributed by atoms with E-state index >= 15 is 0 Å². The molecule has 0 aromatic heterocycles. The van der Waals surface area contributed by atoms with Gasteiger partial charge in [0.25, 0.3) is 0 Å².